The van der Waals surface area contributed by atoms with Gasteiger partial charge in [0.15, 0.2) is 0 Å². The summed E-state index contributed by atoms with van der Waals surface area (Å²) in [5, 5.41) is 3.40. The van der Waals surface area contributed by atoms with Crippen molar-refractivity contribution in [3.63, 3.8) is 0 Å². The molecular formula is C14H18BrF2N. The van der Waals surface area contributed by atoms with Gasteiger partial charge in [0.1, 0.15) is 11.6 Å². The van der Waals surface area contributed by atoms with Crippen LogP contribution < -0.4 is 5.32 Å². The molecule has 0 amide bonds. The fraction of sp³-hybridized carbons (Fsp3) is 0.571. The Labute approximate surface area is 115 Å². The van der Waals surface area contributed by atoms with Crippen molar-refractivity contribution in [2.45, 2.75) is 38.6 Å². The molecule has 0 aromatic heterocycles. The maximum Gasteiger partial charge on any atom is 0.143 e. The molecule has 2 unspecified atom stereocenters. The zero-order valence-corrected chi connectivity index (χ0v) is 12.2. The van der Waals surface area contributed by atoms with Gasteiger partial charge in [0.2, 0.25) is 0 Å². The molecule has 0 spiro atoms. The molecule has 0 heterocycles. The molecule has 1 nitrogen and oxygen atoms in total. The van der Waals surface area contributed by atoms with Crippen LogP contribution in [0, 0.1) is 17.6 Å². The van der Waals surface area contributed by atoms with Gasteiger partial charge in [0, 0.05) is 11.6 Å². The van der Waals surface area contributed by atoms with E-state index in [1.165, 1.54) is 25.0 Å². The van der Waals surface area contributed by atoms with Gasteiger partial charge in [-0.25, -0.2) is 8.78 Å². The average Bonchev–Trinajstić information content (AvgIpc) is 3.15. The summed E-state index contributed by atoms with van der Waals surface area (Å²) in [5.74, 6) is -0.875. The van der Waals surface area contributed by atoms with E-state index in [2.05, 4.69) is 21.2 Å². The molecule has 100 valence electrons. The van der Waals surface area contributed by atoms with Gasteiger partial charge in [-0.2, -0.15) is 0 Å². The first-order chi connectivity index (χ1) is 8.50. The van der Waals surface area contributed by atoms with Crippen LogP contribution >= 0.6 is 15.9 Å². The molecule has 1 aromatic rings. The molecule has 1 saturated carbocycles. The lowest BCUT2D eigenvalue weighted by atomic mass is 9.88. The van der Waals surface area contributed by atoms with Crippen LogP contribution in [0.5, 0.6) is 0 Å². The van der Waals surface area contributed by atoms with Crippen molar-refractivity contribution < 1.29 is 8.78 Å². The highest BCUT2D eigenvalue weighted by molar-refractivity contribution is 9.10. The second kappa shape index (κ2) is 5.66. The molecule has 18 heavy (non-hydrogen) atoms. The highest BCUT2D eigenvalue weighted by Gasteiger charge is 2.26. The summed E-state index contributed by atoms with van der Waals surface area (Å²) in [5.41, 5.74) is 0.189. The first-order valence-electron chi connectivity index (χ1n) is 6.37. The summed E-state index contributed by atoms with van der Waals surface area (Å²) in [6, 6.07) is 3.35. The quantitative estimate of drug-likeness (QED) is 0.802. The molecule has 1 N–H and O–H groups in total. The van der Waals surface area contributed by atoms with Gasteiger partial charge in [-0.05, 0) is 59.3 Å². The number of benzene rings is 1. The van der Waals surface area contributed by atoms with E-state index in [1.807, 2.05) is 13.8 Å². The Morgan fingerprint density at radius 2 is 2.00 bits per heavy atom. The summed E-state index contributed by atoms with van der Waals surface area (Å²) >= 11 is 3.11. The second-order valence-electron chi connectivity index (χ2n) is 5.21. The van der Waals surface area contributed by atoms with E-state index < -0.39 is 11.6 Å². The van der Waals surface area contributed by atoms with Gasteiger partial charge >= 0.3 is 0 Å². The first kappa shape index (κ1) is 13.9. The Kier molecular flexibility index (Phi) is 4.38. The minimum Gasteiger partial charge on any atom is -0.314 e. The van der Waals surface area contributed by atoms with Crippen molar-refractivity contribution in [1.29, 1.82) is 0 Å². The van der Waals surface area contributed by atoms with Crippen LogP contribution in [0.4, 0.5) is 8.78 Å². The Bertz CT molecular complexity index is 432. The number of hydrogen-bond donors (Lipinski definition) is 1. The predicted octanol–water partition coefficient (Wildman–Crippen LogP) is 4.22. The smallest absolute Gasteiger partial charge is 0.143 e. The standard InChI is InChI=1S/C14H18BrF2N/c1-8(7-18-10-3-4-10)9(2)13-12(16)6-5-11(15)14(13)17/h5-6,8-10,18H,3-4,7H2,1-2H3. The molecule has 4 heteroatoms. The average molecular weight is 318 g/mol. The minimum absolute atomic E-state index is 0.145. The Morgan fingerprint density at radius 3 is 2.61 bits per heavy atom. The third-order valence-corrected chi connectivity index (χ3v) is 4.31. The number of halogens is 3. The monoisotopic (exact) mass is 317 g/mol. The van der Waals surface area contributed by atoms with Crippen molar-refractivity contribution in [1.82, 2.24) is 5.32 Å². The molecular weight excluding hydrogens is 300 g/mol. The Morgan fingerprint density at radius 1 is 1.33 bits per heavy atom. The Hall–Kier alpha value is -0.480. The molecule has 0 radical (unpaired) electrons. The van der Waals surface area contributed by atoms with Gasteiger partial charge in [-0.1, -0.05) is 13.8 Å². The van der Waals surface area contributed by atoms with Crippen molar-refractivity contribution >= 4 is 15.9 Å². The fourth-order valence-electron chi connectivity index (χ4n) is 2.06. The van der Waals surface area contributed by atoms with E-state index in [0.717, 1.165) is 6.54 Å². The molecule has 1 aromatic carbocycles. The zero-order chi connectivity index (χ0) is 13.3. The number of rotatable bonds is 5. The first-order valence-corrected chi connectivity index (χ1v) is 7.16. The van der Waals surface area contributed by atoms with E-state index in [4.69, 9.17) is 0 Å². The van der Waals surface area contributed by atoms with Crippen LogP contribution in [0.1, 0.15) is 38.2 Å². The molecule has 1 aliphatic carbocycles. The Balaban J connectivity index is 2.10. The van der Waals surface area contributed by atoms with Crippen LogP contribution in [0.25, 0.3) is 0 Å². The van der Waals surface area contributed by atoms with Crippen molar-refractivity contribution in [3.8, 4) is 0 Å². The van der Waals surface area contributed by atoms with Gasteiger partial charge < -0.3 is 5.32 Å². The summed E-state index contributed by atoms with van der Waals surface area (Å²) in [4.78, 5) is 0. The molecule has 2 atom stereocenters. The molecule has 0 saturated heterocycles. The minimum atomic E-state index is -0.472. The second-order valence-corrected chi connectivity index (χ2v) is 6.06. The number of hydrogen-bond acceptors (Lipinski definition) is 1. The SMILES string of the molecule is CC(CNC1CC1)C(C)c1c(F)ccc(Br)c1F. The van der Waals surface area contributed by atoms with Crippen LogP contribution in [0.2, 0.25) is 0 Å². The van der Waals surface area contributed by atoms with Gasteiger partial charge in [0.05, 0.1) is 4.47 Å². The summed E-state index contributed by atoms with van der Waals surface area (Å²) in [6.45, 7) is 4.71. The predicted molar refractivity (Wildman–Crippen MR) is 72.7 cm³/mol. The number of nitrogens with one attached hydrogen (secondary N) is 1. The molecule has 2 rings (SSSR count). The highest BCUT2D eigenvalue weighted by atomic mass is 79.9. The molecule has 0 bridgehead atoms. The summed E-state index contributed by atoms with van der Waals surface area (Å²) < 4.78 is 28.1. The van der Waals surface area contributed by atoms with Crippen LogP contribution in [-0.4, -0.2) is 12.6 Å². The van der Waals surface area contributed by atoms with Crippen LogP contribution in [0.3, 0.4) is 0 Å². The van der Waals surface area contributed by atoms with E-state index in [-0.39, 0.29) is 17.4 Å². The van der Waals surface area contributed by atoms with Crippen molar-refractivity contribution in [3.05, 3.63) is 33.8 Å². The summed E-state index contributed by atoms with van der Waals surface area (Å²) in [6.07, 6.45) is 2.45. The fourth-order valence-corrected chi connectivity index (χ4v) is 2.41. The maximum atomic E-state index is 14.0. The molecule has 1 aliphatic rings. The van der Waals surface area contributed by atoms with Crippen LogP contribution in [-0.2, 0) is 0 Å². The zero-order valence-electron chi connectivity index (χ0n) is 10.6. The third-order valence-electron chi connectivity index (χ3n) is 3.69. The van der Waals surface area contributed by atoms with Crippen molar-refractivity contribution in [2.24, 2.45) is 5.92 Å². The topological polar surface area (TPSA) is 12.0 Å². The lowest BCUT2D eigenvalue weighted by molar-refractivity contribution is 0.416. The van der Waals surface area contributed by atoms with Crippen LogP contribution in [0.15, 0.2) is 16.6 Å². The lowest BCUT2D eigenvalue weighted by Gasteiger charge is -2.22. The van der Waals surface area contributed by atoms with E-state index in [1.54, 1.807) is 0 Å². The molecule has 0 aliphatic heterocycles. The van der Waals surface area contributed by atoms with E-state index in [9.17, 15) is 8.78 Å². The van der Waals surface area contributed by atoms with Crippen molar-refractivity contribution in [2.75, 3.05) is 6.54 Å². The van der Waals surface area contributed by atoms with E-state index in [0.29, 0.717) is 10.5 Å². The third kappa shape index (κ3) is 3.09. The lowest BCUT2D eigenvalue weighted by Crippen LogP contribution is -2.26. The van der Waals surface area contributed by atoms with Gasteiger partial charge in [0.25, 0.3) is 0 Å². The highest BCUT2D eigenvalue weighted by Crippen LogP contribution is 2.32. The molecule has 1 fully saturated rings. The van der Waals surface area contributed by atoms with E-state index >= 15 is 0 Å². The normalized spacial score (nSPS) is 18.7. The van der Waals surface area contributed by atoms with Gasteiger partial charge in [-0.15, -0.1) is 0 Å². The summed E-state index contributed by atoms with van der Waals surface area (Å²) in [7, 11) is 0. The van der Waals surface area contributed by atoms with Gasteiger partial charge in [-0.3, -0.25) is 0 Å². The maximum absolute atomic E-state index is 14.0. The largest absolute Gasteiger partial charge is 0.314 e.